The van der Waals surface area contributed by atoms with Crippen molar-refractivity contribution in [3.63, 3.8) is 0 Å². The topological polar surface area (TPSA) is 67.3 Å². The number of amides is 1. The molecule has 1 aromatic heterocycles. The third-order valence-electron chi connectivity index (χ3n) is 5.23. The van der Waals surface area contributed by atoms with Crippen LogP contribution in [-0.4, -0.2) is 48.3 Å². The highest BCUT2D eigenvalue weighted by atomic mass is 32.2. The van der Waals surface area contributed by atoms with Crippen LogP contribution in [0, 0.1) is 19.8 Å². The first-order chi connectivity index (χ1) is 11.3. The van der Waals surface area contributed by atoms with Crippen LogP contribution in [0.2, 0.25) is 0 Å². The van der Waals surface area contributed by atoms with Crippen molar-refractivity contribution >= 4 is 26.6 Å². The van der Waals surface area contributed by atoms with Crippen molar-refractivity contribution in [2.24, 2.45) is 5.92 Å². The van der Waals surface area contributed by atoms with Gasteiger partial charge in [0.2, 0.25) is 0 Å². The van der Waals surface area contributed by atoms with E-state index in [1.54, 1.807) is 4.90 Å². The zero-order chi connectivity index (χ0) is 17.1. The minimum atomic E-state index is -3.04. The maximum Gasteiger partial charge on any atom is 0.254 e. The van der Waals surface area contributed by atoms with Gasteiger partial charge in [0.25, 0.3) is 5.91 Å². The fourth-order valence-electron chi connectivity index (χ4n) is 3.98. The predicted molar refractivity (Wildman–Crippen MR) is 92.8 cm³/mol. The van der Waals surface area contributed by atoms with Crippen molar-refractivity contribution < 1.29 is 13.2 Å². The smallest absolute Gasteiger partial charge is 0.254 e. The van der Waals surface area contributed by atoms with Gasteiger partial charge in [0.1, 0.15) is 0 Å². The molecule has 2 fully saturated rings. The number of hydrogen-bond donors (Lipinski definition) is 0. The Bertz CT molecular complexity index is 952. The van der Waals surface area contributed by atoms with Crippen molar-refractivity contribution in [2.45, 2.75) is 25.5 Å². The molecule has 2 saturated heterocycles. The zero-order valence-electron chi connectivity index (χ0n) is 13.8. The molecule has 2 aliphatic heterocycles. The van der Waals surface area contributed by atoms with Crippen LogP contribution in [0.15, 0.2) is 24.3 Å². The quantitative estimate of drug-likeness (QED) is 0.795. The molecule has 1 aromatic carbocycles. The van der Waals surface area contributed by atoms with Gasteiger partial charge in [0.05, 0.1) is 22.1 Å². The van der Waals surface area contributed by atoms with Crippen LogP contribution in [0.3, 0.4) is 0 Å². The van der Waals surface area contributed by atoms with E-state index < -0.39 is 9.84 Å². The molecule has 2 aliphatic rings. The van der Waals surface area contributed by atoms with Crippen LogP contribution >= 0.6 is 0 Å². The lowest BCUT2D eigenvalue weighted by atomic mass is 10.0. The van der Waals surface area contributed by atoms with E-state index >= 15 is 0 Å². The molecule has 0 aliphatic carbocycles. The lowest BCUT2D eigenvalue weighted by Crippen LogP contribution is -2.32. The van der Waals surface area contributed by atoms with Gasteiger partial charge in [-0.25, -0.2) is 8.42 Å². The minimum Gasteiger partial charge on any atom is -0.337 e. The summed E-state index contributed by atoms with van der Waals surface area (Å²) in [7, 11) is -3.04. The molecular formula is C18H20N2O3S. The van der Waals surface area contributed by atoms with E-state index in [0.29, 0.717) is 25.1 Å². The van der Waals surface area contributed by atoms with Crippen molar-refractivity contribution in [3.8, 4) is 0 Å². The number of pyridine rings is 1. The van der Waals surface area contributed by atoms with Gasteiger partial charge in [-0.05, 0) is 44.4 Å². The van der Waals surface area contributed by atoms with Crippen LogP contribution < -0.4 is 0 Å². The lowest BCUT2D eigenvalue weighted by molar-refractivity contribution is 0.0788. The third kappa shape index (κ3) is 2.40. The highest BCUT2D eigenvalue weighted by molar-refractivity contribution is 7.92. The van der Waals surface area contributed by atoms with Crippen molar-refractivity contribution in [2.75, 3.05) is 18.8 Å². The van der Waals surface area contributed by atoms with E-state index in [1.807, 2.05) is 38.1 Å². The van der Waals surface area contributed by atoms with Crippen molar-refractivity contribution in [3.05, 3.63) is 41.1 Å². The number of benzene rings is 1. The first-order valence-electron chi connectivity index (χ1n) is 8.24. The number of hydrogen-bond acceptors (Lipinski definition) is 4. The summed E-state index contributed by atoms with van der Waals surface area (Å²) < 4.78 is 24.2. The highest BCUT2D eigenvalue weighted by Crippen LogP contribution is 2.34. The summed E-state index contributed by atoms with van der Waals surface area (Å²) in [4.78, 5) is 19.3. The number of aromatic nitrogens is 1. The van der Waals surface area contributed by atoms with Crippen LogP contribution in [0.25, 0.3) is 10.9 Å². The van der Waals surface area contributed by atoms with Gasteiger partial charge in [0, 0.05) is 24.2 Å². The second-order valence-corrected chi connectivity index (χ2v) is 9.34. The normalized spacial score (nSPS) is 25.2. The SMILES string of the molecule is Cc1ccc2nc(C)cc(C(=O)N3C[C@@H]4CCS(=O)(=O)[C@@H]4C3)c2c1. The number of sulfone groups is 1. The van der Waals surface area contributed by atoms with Crippen molar-refractivity contribution in [1.29, 1.82) is 0 Å². The molecule has 24 heavy (non-hydrogen) atoms. The number of likely N-dealkylation sites (tertiary alicyclic amines) is 1. The van der Waals surface area contributed by atoms with Gasteiger partial charge in [0.15, 0.2) is 9.84 Å². The molecule has 0 spiro atoms. The number of carbonyl (C=O) groups excluding carboxylic acids is 1. The third-order valence-corrected chi connectivity index (χ3v) is 7.49. The molecule has 0 saturated carbocycles. The van der Waals surface area contributed by atoms with E-state index in [1.165, 1.54) is 0 Å². The average molecular weight is 344 g/mol. The van der Waals surface area contributed by atoms with Gasteiger partial charge in [-0.2, -0.15) is 0 Å². The molecule has 2 atom stereocenters. The number of rotatable bonds is 1. The van der Waals surface area contributed by atoms with Gasteiger partial charge in [-0.3, -0.25) is 9.78 Å². The van der Waals surface area contributed by atoms with Gasteiger partial charge in [-0.1, -0.05) is 11.6 Å². The average Bonchev–Trinajstić information content (AvgIpc) is 3.07. The molecule has 3 heterocycles. The second-order valence-electron chi connectivity index (χ2n) is 7.00. The van der Waals surface area contributed by atoms with Gasteiger partial charge >= 0.3 is 0 Å². The largest absolute Gasteiger partial charge is 0.337 e. The number of carbonyl (C=O) groups is 1. The molecule has 6 heteroatoms. The summed E-state index contributed by atoms with van der Waals surface area (Å²) in [5, 5.41) is 0.461. The predicted octanol–water partition coefficient (Wildman–Crippen LogP) is 2.11. The monoisotopic (exact) mass is 344 g/mol. The summed E-state index contributed by atoms with van der Waals surface area (Å²) >= 11 is 0. The zero-order valence-corrected chi connectivity index (χ0v) is 14.6. The van der Waals surface area contributed by atoms with Gasteiger partial charge < -0.3 is 4.90 Å². The Morgan fingerprint density at radius 3 is 2.75 bits per heavy atom. The molecule has 0 unspecified atom stereocenters. The molecule has 0 radical (unpaired) electrons. The summed E-state index contributed by atoms with van der Waals surface area (Å²) in [6, 6.07) is 7.70. The number of fused-ring (bicyclic) bond motifs is 2. The molecular weight excluding hydrogens is 324 g/mol. The van der Waals surface area contributed by atoms with Gasteiger partial charge in [-0.15, -0.1) is 0 Å². The number of nitrogens with zero attached hydrogens (tertiary/aromatic N) is 2. The first-order valence-corrected chi connectivity index (χ1v) is 9.95. The standard InChI is InChI=1S/C18H20N2O3S/c1-11-3-4-16-14(7-11)15(8-12(2)19-16)18(21)20-9-13-5-6-24(22,23)17(13)10-20/h3-4,7-8,13,17H,5-6,9-10H2,1-2H3/t13-,17+/m0/s1. The van der Waals surface area contributed by atoms with Crippen LogP contribution in [0.1, 0.15) is 28.0 Å². The summed E-state index contributed by atoms with van der Waals surface area (Å²) in [6.45, 7) is 4.72. The first kappa shape index (κ1) is 15.6. The van der Waals surface area contributed by atoms with E-state index in [9.17, 15) is 13.2 Å². The van der Waals surface area contributed by atoms with Crippen LogP contribution in [-0.2, 0) is 9.84 Å². The molecule has 126 valence electrons. The maximum absolute atomic E-state index is 13.1. The van der Waals surface area contributed by atoms with E-state index in [0.717, 1.165) is 22.2 Å². The summed E-state index contributed by atoms with van der Waals surface area (Å²) in [5.74, 6) is 0.275. The maximum atomic E-state index is 13.1. The Hall–Kier alpha value is -1.95. The summed E-state index contributed by atoms with van der Waals surface area (Å²) in [5.41, 5.74) is 3.29. The Morgan fingerprint density at radius 1 is 1.21 bits per heavy atom. The Labute approximate surface area is 141 Å². The van der Waals surface area contributed by atoms with E-state index in [2.05, 4.69) is 4.98 Å². The van der Waals surface area contributed by atoms with E-state index in [4.69, 9.17) is 0 Å². The molecule has 0 N–H and O–H groups in total. The number of aryl methyl sites for hydroxylation is 2. The van der Waals surface area contributed by atoms with Crippen molar-refractivity contribution in [1.82, 2.24) is 9.88 Å². The fourth-order valence-corrected chi connectivity index (χ4v) is 6.13. The van der Waals surface area contributed by atoms with Crippen LogP contribution in [0.5, 0.6) is 0 Å². The van der Waals surface area contributed by atoms with E-state index in [-0.39, 0.29) is 22.8 Å². The Kier molecular flexibility index (Phi) is 3.42. The molecule has 2 aromatic rings. The highest BCUT2D eigenvalue weighted by Gasteiger charge is 2.47. The molecule has 4 rings (SSSR count). The van der Waals surface area contributed by atoms with Crippen LogP contribution in [0.4, 0.5) is 0 Å². The Balaban J connectivity index is 1.73. The molecule has 0 bridgehead atoms. The molecule has 1 amide bonds. The second kappa shape index (κ2) is 5.28. The minimum absolute atomic E-state index is 0.0827. The molecule has 5 nitrogen and oxygen atoms in total. The summed E-state index contributed by atoms with van der Waals surface area (Å²) in [6.07, 6.45) is 0.673. The fraction of sp³-hybridized carbons (Fsp3) is 0.444. The Morgan fingerprint density at radius 2 is 2.00 bits per heavy atom. The lowest BCUT2D eigenvalue weighted by Gasteiger charge is -2.19.